The smallest absolute Gasteiger partial charge is 0.0388 e. The van der Waals surface area contributed by atoms with Crippen molar-refractivity contribution in [1.29, 1.82) is 0 Å². The molecule has 3 aromatic carbocycles. The molecule has 45 heavy (non-hydrogen) atoms. The topological polar surface area (TPSA) is 38.0 Å². The highest BCUT2D eigenvalue weighted by Crippen LogP contribution is 2.52. The van der Waals surface area contributed by atoms with Gasteiger partial charge in [0.1, 0.15) is 0 Å². The van der Waals surface area contributed by atoms with Crippen molar-refractivity contribution in [3.05, 3.63) is 167 Å². The zero-order valence-corrected chi connectivity index (χ0v) is 28.7. The second kappa shape index (κ2) is 13.6. The Morgan fingerprint density at radius 3 is 2.33 bits per heavy atom. The molecular weight excluding hydrogens is 563 g/mol. The Bertz CT molecular complexity index is 1690. The van der Waals surface area contributed by atoms with Gasteiger partial charge in [0.25, 0.3) is 0 Å². The number of fused-ring (bicyclic) bond motifs is 2. The molecule has 0 aromatic heterocycles. The first-order valence-electron chi connectivity index (χ1n) is 16.2. The first-order valence-corrected chi connectivity index (χ1v) is 17.3. The maximum Gasteiger partial charge on any atom is 0.0388 e. The number of benzene rings is 3. The lowest BCUT2D eigenvalue weighted by atomic mass is 9.75. The Labute approximate surface area is 273 Å². The van der Waals surface area contributed by atoms with Crippen LogP contribution in [0.15, 0.2) is 144 Å². The van der Waals surface area contributed by atoms with E-state index in [1.807, 2.05) is 24.3 Å². The summed E-state index contributed by atoms with van der Waals surface area (Å²) in [6, 6.07) is 28.6. The van der Waals surface area contributed by atoms with E-state index in [0.717, 1.165) is 37.6 Å². The third-order valence-corrected chi connectivity index (χ3v) is 11.3. The second-order valence-electron chi connectivity index (χ2n) is 13.4. The maximum atomic E-state index is 6.40. The van der Waals surface area contributed by atoms with E-state index in [2.05, 4.69) is 132 Å². The predicted molar refractivity (Wildman–Crippen MR) is 198 cm³/mol. The molecule has 3 heteroatoms. The molecule has 232 valence electrons. The zero-order valence-electron chi connectivity index (χ0n) is 27.7. The van der Waals surface area contributed by atoms with Crippen LogP contribution in [-0.4, -0.2) is 12.2 Å². The first kappa shape index (κ1) is 32.5. The van der Waals surface area contributed by atoms with Crippen LogP contribution in [0.2, 0.25) is 0 Å². The second-order valence-corrected chi connectivity index (χ2v) is 15.1. The van der Waals surface area contributed by atoms with Crippen LogP contribution in [0.4, 0.5) is 0 Å². The average Bonchev–Trinajstić information content (AvgIpc) is 3.52. The molecule has 0 spiro atoms. The normalized spacial score (nSPS) is 24.3. The number of hydrogen-bond acceptors (Lipinski definition) is 2. The standard InChI is InChI=1S/C35H41N2P.C7H8/c1-7-37-24(3)30-21-32-28(14-11-15-33(36)23(30)2)29-17-16-25(20-31(29)34(32,4)5)35(6)19-18-27(22-35)38-26-12-9-8-10-13-26;1-7-5-3-2-4-6-7/h8-17,20-21,27,37-38H,2-3,7,18-19,22,36H2,1,4-6H3;2-6H,1H3/b14-11?,30-21+,33-15+;/t27?,35-;/m0./s1. The van der Waals surface area contributed by atoms with Crippen LogP contribution in [0, 0.1) is 6.92 Å². The molecule has 2 nitrogen and oxygen atoms in total. The quantitative estimate of drug-likeness (QED) is 0.272. The van der Waals surface area contributed by atoms with E-state index in [-0.39, 0.29) is 10.8 Å². The molecule has 3 aliphatic carbocycles. The summed E-state index contributed by atoms with van der Waals surface area (Å²) in [4.78, 5) is 0. The van der Waals surface area contributed by atoms with Crippen LogP contribution in [0.3, 0.4) is 0 Å². The van der Waals surface area contributed by atoms with E-state index in [1.54, 1.807) is 0 Å². The van der Waals surface area contributed by atoms with Crippen LogP contribution in [-0.2, 0) is 10.8 Å². The fraction of sp³-hybridized carbons (Fsp3) is 0.286. The Hall–Kier alpha value is -3.87. The Morgan fingerprint density at radius 2 is 1.69 bits per heavy atom. The fourth-order valence-corrected chi connectivity index (χ4v) is 8.68. The largest absolute Gasteiger partial charge is 0.398 e. The molecule has 6 rings (SSSR count). The van der Waals surface area contributed by atoms with E-state index in [4.69, 9.17) is 5.73 Å². The molecule has 3 N–H and O–H groups in total. The van der Waals surface area contributed by atoms with Gasteiger partial charge in [-0.05, 0) is 95.1 Å². The van der Waals surface area contributed by atoms with Crippen molar-refractivity contribution < 1.29 is 0 Å². The lowest BCUT2D eigenvalue weighted by molar-refractivity contribution is 0.490. The van der Waals surface area contributed by atoms with E-state index >= 15 is 0 Å². The van der Waals surface area contributed by atoms with E-state index in [0.29, 0.717) is 5.70 Å². The van der Waals surface area contributed by atoms with Crippen molar-refractivity contribution in [1.82, 2.24) is 5.32 Å². The summed E-state index contributed by atoms with van der Waals surface area (Å²) in [6.45, 7) is 20.8. The lowest BCUT2D eigenvalue weighted by Gasteiger charge is -2.29. The van der Waals surface area contributed by atoms with Crippen molar-refractivity contribution in [3.8, 4) is 0 Å². The highest BCUT2D eigenvalue weighted by molar-refractivity contribution is 7.48. The molecule has 1 saturated carbocycles. The van der Waals surface area contributed by atoms with Gasteiger partial charge in [-0.1, -0.05) is 139 Å². The van der Waals surface area contributed by atoms with Crippen LogP contribution in [0.5, 0.6) is 0 Å². The van der Waals surface area contributed by atoms with Crippen LogP contribution >= 0.6 is 8.58 Å². The minimum absolute atomic E-state index is 0.150. The number of likely N-dealkylation sites (N-methyl/N-ethyl adjacent to an activating group) is 1. The molecule has 0 bridgehead atoms. The number of nitrogens with one attached hydrogen (secondary N) is 1. The predicted octanol–water partition coefficient (Wildman–Crippen LogP) is 9.56. The maximum absolute atomic E-state index is 6.40. The van der Waals surface area contributed by atoms with Gasteiger partial charge in [-0.15, -0.1) is 0 Å². The van der Waals surface area contributed by atoms with Gasteiger partial charge in [0, 0.05) is 28.9 Å². The van der Waals surface area contributed by atoms with Crippen molar-refractivity contribution in [2.24, 2.45) is 5.73 Å². The van der Waals surface area contributed by atoms with Crippen molar-refractivity contribution in [3.63, 3.8) is 0 Å². The van der Waals surface area contributed by atoms with E-state index in [9.17, 15) is 0 Å². The van der Waals surface area contributed by atoms with Gasteiger partial charge in [0.05, 0.1) is 0 Å². The Kier molecular flexibility index (Phi) is 9.85. The first-order chi connectivity index (χ1) is 21.5. The fourth-order valence-electron chi connectivity index (χ4n) is 6.98. The average molecular weight is 613 g/mol. The van der Waals surface area contributed by atoms with Gasteiger partial charge < -0.3 is 11.1 Å². The van der Waals surface area contributed by atoms with Crippen LogP contribution in [0.25, 0.3) is 5.57 Å². The number of rotatable bonds is 6. The lowest BCUT2D eigenvalue weighted by Crippen LogP contribution is -2.22. The highest BCUT2D eigenvalue weighted by Gasteiger charge is 2.40. The van der Waals surface area contributed by atoms with Gasteiger partial charge in [0.2, 0.25) is 0 Å². The summed E-state index contributed by atoms with van der Waals surface area (Å²) in [5.74, 6) is 0. The van der Waals surface area contributed by atoms with Crippen molar-refractivity contribution in [2.75, 3.05) is 6.54 Å². The molecule has 0 aliphatic heterocycles. The zero-order chi connectivity index (χ0) is 32.2. The van der Waals surface area contributed by atoms with Gasteiger partial charge in [-0.3, -0.25) is 0 Å². The Morgan fingerprint density at radius 1 is 1.00 bits per heavy atom. The summed E-state index contributed by atoms with van der Waals surface area (Å²) in [5, 5.41) is 4.87. The highest BCUT2D eigenvalue weighted by atomic mass is 31.1. The molecule has 3 atom stereocenters. The van der Waals surface area contributed by atoms with Gasteiger partial charge in [0.15, 0.2) is 0 Å². The van der Waals surface area contributed by atoms with E-state index in [1.165, 1.54) is 58.0 Å². The number of hydrogen-bond donors (Lipinski definition) is 2. The molecule has 3 aliphatic rings. The number of allylic oxidation sites excluding steroid dienone is 8. The molecule has 1 fully saturated rings. The number of aryl methyl sites for hydroxylation is 1. The molecular formula is C42H49N2P. The molecule has 3 aromatic rings. The Balaban J connectivity index is 0.000000505. The third-order valence-electron chi connectivity index (χ3n) is 9.69. The minimum atomic E-state index is -0.150. The van der Waals surface area contributed by atoms with Crippen LogP contribution < -0.4 is 16.4 Å². The van der Waals surface area contributed by atoms with Gasteiger partial charge >= 0.3 is 0 Å². The molecule has 2 unspecified atom stereocenters. The van der Waals surface area contributed by atoms with Crippen molar-refractivity contribution in [2.45, 2.75) is 70.4 Å². The minimum Gasteiger partial charge on any atom is -0.398 e. The molecule has 0 heterocycles. The monoisotopic (exact) mass is 612 g/mol. The van der Waals surface area contributed by atoms with Gasteiger partial charge in [-0.25, -0.2) is 0 Å². The van der Waals surface area contributed by atoms with Gasteiger partial charge in [-0.2, -0.15) is 0 Å². The molecule has 0 saturated heterocycles. The van der Waals surface area contributed by atoms with Crippen molar-refractivity contribution >= 4 is 19.5 Å². The van der Waals surface area contributed by atoms with Crippen LogP contribution in [0.1, 0.15) is 69.2 Å². The van der Waals surface area contributed by atoms with E-state index < -0.39 is 0 Å². The SMILES string of the molecule is C=C(NCC)/C1=C/C2=C(C=C/C=C(/N)C1=C)c1ccc([C@@]3(C)CCC(Pc4ccccc4)C3)cc1C2(C)C.Cc1ccccc1. The molecule has 0 amide bonds. The summed E-state index contributed by atoms with van der Waals surface area (Å²) in [7, 11) is 0.890. The molecule has 0 radical (unpaired) electrons. The summed E-state index contributed by atoms with van der Waals surface area (Å²) in [5.41, 5.74) is 18.6. The summed E-state index contributed by atoms with van der Waals surface area (Å²) >= 11 is 0. The third kappa shape index (κ3) is 7.03. The summed E-state index contributed by atoms with van der Waals surface area (Å²) < 4.78 is 0. The summed E-state index contributed by atoms with van der Waals surface area (Å²) in [6.07, 6.45) is 12.3. The number of nitrogens with two attached hydrogens (primary N) is 1.